The summed E-state index contributed by atoms with van der Waals surface area (Å²) in [6.07, 6.45) is 3.88. The Morgan fingerprint density at radius 3 is 2.55 bits per heavy atom. The molecule has 0 aliphatic rings. The van der Waals surface area contributed by atoms with Gasteiger partial charge in [-0.2, -0.15) is 0 Å². The van der Waals surface area contributed by atoms with E-state index in [2.05, 4.69) is 20.5 Å². The molecule has 0 bridgehead atoms. The first-order chi connectivity index (χ1) is 16.1. The zero-order chi connectivity index (χ0) is 22.6. The first-order valence-corrected chi connectivity index (χ1v) is 10.4. The smallest absolute Gasteiger partial charge is 0.255 e. The van der Waals surface area contributed by atoms with Crippen LogP contribution in [0.3, 0.4) is 0 Å². The summed E-state index contributed by atoms with van der Waals surface area (Å²) in [7, 11) is 0. The van der Waals surface area contributed by atoms with Crippen molar-refractivity contribution in [3.63, 3.8) is 0 Å². The Bertz CT molecular complexity index is 1350. The van der Waals surface area contributed by atoms with Crippen LogP contribution in [0.25, 0.3) is 5.65 Å². The molecule has 33 heavy (non-hydrogen) atoms. The molecule has 0 saturated carbocycles. The number of aryl methyl sites for hydroxylation is 1. The number of benzene rings is 2. The number of carbonyl (C=O) groups excluding carboxylic acids is 1. The van der Waals surface area contributed by atoms with Gasteiger partial charge in [0.25, 0.3) is 5.91 Å². The SMILES string of the molecule is Cc1cc(Oc2ccc(NC(=O)c3ccc(OCc4cn5ccccc5n4)cc3)cc2)n[nH]1. The number of nitrogens with one attached hydrogen (secondary N) is 2. The molecule has 1 amide bonds. The van der Waals surface area contributed by atoms with Gasteiger partial charge in [-0.1, -0.05) is 6.07 Å². The number of hydrogen-bond acceptors (Lipinski definition) is 5. The average Bonchev–Trinajstić information content (AvgIpc) is 3.44. The Hall–Kier alpha value is -4.59. The van der Waals surface area contributed by atoms with Crippen molar-refractivity contribution in [3.05, 3.63) is 102 Å². The van der Waals surface area contributed by atoms with Crippen LogP contribution in [-0.4, -0.2) is 25.5 Å². The lowest BCUT2D eigenvalue weighted by atomic mass is 10.2. The summed E-state index contributed by atoms with van der Waals surface area (Å²) in [5, 5.41) is 9.74. The van der Waals surface area contributed by atoms with E-state index in [1.807, 2.05) is 41.9 Å². The summed E-state index contributed by atoms with van der Waals surface area (Å²) in [5.74, 6) is 1.58. The second kappa shape index (κ2) is 8.88. The van der Waals surface area contributed by atoms with E-state index in [1.54, 1.807) is 54.6 Å². The highest BCUT2D eigenvalue weighted by molar-refractivity contribution is 6.04. The van der Waals surface area contributed by atoms with E-state index in [0.717, 1.165) is 17.0 Å². The number of anilines is 1. The van der Waals surface area contributed by atoms with E-state index >= 15 is 0 Å². The van der Waals surface area contributed by atoms with Gasteiger partial charge < -0.3 is 19.2 Å². The number of ether oxygens (including phenoxy) is 2. The lowest BCUT2D eigenvalue weighted by Crippen LogP contribution is -2.11. The van der Waals surface area contributed by atoms with Crippen LogP contribution in [0.4, 0.5) is 5.69 Å². The van der Waals surface area contributed by atoms with Gasteiger partial charge in [0.05, 0.1) is 5.69 Å². The summed E-state index contributed by atoms with van der Waals surface area (Å²) in [6, 6.07) is 21.7. The summed E-state index contributed by atoms with van der Waals surface area (Å²) in [5.41, 5.74) is 3.82. The number of aromatic nitrogens is 4. The zero-order valence-electron chi connectivity index (χ0n) is 17.9. The molecule has 3 aromatic heterocycles. The molecule has 8 nitrogen and oxygen atoms in total. The maximum absolute atomic E-state index is 12.6. The molecule has 0 radical (unpaired) electrons. The predicted molar refractivity (Wildman–Crippen MR) is 124 cm³/mol. The van der Waals surface area contributed by atoms with Crippen molar-refractivity contribution in [3.8, 4) is 17.4 Å². The molecule has 0 aliphatic carbocycles. The molecule has 0 atom stereocenters. The van der Waals surface area contributed by atoms with Gasteiger partial charge in [-0.15, -0.1) is 5.10 Å². The van der Waals surface area contributed by atoms with Crippen LogP contribution < -0.4 is 14.8 Å². The summed E-state index contributed by atoms with van der Waals surface area (Å²) >= 11 is 0. The van der Waals surface area contributed by atoms with Crippen molar-refractivity contribution >= 4 is 17.2 Å². The molecule has 0 aliphatic heterocycles. The number of aromatic amines is 1. The number of rotatable bonds is 7. The number of fused-ring (bicyclic) bond motifs is 1. The minimum absolute atomic E-state index is 0.210. The zero-order valence-corrected chi connectivity index (χ0v) is 17.9. The molecule has 5 aromatic rings. The Kier molecular flexibility index (Phi) is 5.47. The van der Waals surface area contributed by atoms with Crippen molar-refractivity contribution in [1.29, 1.82) is 0 Å². The molecule has 0 fully saturated rings. The fourth-order valence-electron chi connectivity index (χ4n) is 3.29. The number of H-pyrrole nitrogens is 1. The Balaban J connectivity index is 1.16. The van der Waals surface area contributed by atoms with Crippen molar-refractivity contribution < 1.29 is 14.3 Å². The van der Waals surface area contributed by atoms with Crippen LogP contribution in [-0.2, 0) is 6.61 Å². The summed E-state index contributed by atoms with van der Waals surface area (Å²) < 4.78 is 13.4. The van der Waals surface area contributed by atoms with E-state index in [9.17, 15) is 4.79 Å². The second-order valence-electron chi connectivity index (χ2n) is 7.48. The fourth-order valence-corrected chi connectivity index (χ4v) is 3.29. The normalized spacial score (nSPS) is 10.8. The Morgan fingerprint density at radius 1 is 1.03 bits per heavy atom. The number of hydrogen-bond donors (Lipinski definition) is 2. The van der Waals surface area contributed by atoms with Gasteiger partial charge in [-0.25, -0.2) is 4.98 Å². The second-order valence-corrected chi connectivity index (χ2v) is 7.48. The lowest BCUT2D eigenvalue weighted by molar-refractivity contribution is 0.102. The van der Waals surface area contributed by atoms with Crippen molar-refractivity contribution in [2.45, 2.75) is 13.5 Å². The molecule has 2 N–H and O–H groups in total. The van der Waals surface area contributed by atoms with E-state index in [0.29, 0.717) is 35.2 Å². The number of nitrogens with zero attached hydrogens (tertiary/aromatic N) is 3. The molecule has 3 heterocycles. The monoisotopic (exact) mass is 439 g/mol. The topological polar surface area (TPSA) is 93.5 Å². The number of carbonyl (C=O) groups is 1. The number of pyridine rings is 1. The summed E-state index contributed by atoms with van der Waals surface area (Å²) in [4.78, 5) is 17.1. The van der Waals surface area contributed by atoms with Crippen LogP contribution in [0.15, 0.2) is 85.2 Å². The largest absolute Gasteiger partial charge is 0.487 e. The molecule has 0 saturated heterocycles. The van der Waals surface area contributed by atoms with Crippen LogP contribution in [0.2, 0.25) is 0 Å². The highest BCUT2D eigenvalue weighted by Crippen LogP contribution is 2.22. The molecule has 0 spiro atoms. The molecule has 164 valence electrons. The third-order valence-corrected chi connectivity index (χ3v) is 4.93. The van der Waals surface area contributed by atoms with Crippen molar-refractivity contribution in [1.82, 2.24) is 19.6 Å². The molecule has 2 aromatic carbocycles. The highest BCUT2D eigenvalue weighted by Gasteiger charge is 2.08. The van der Waals surface area contributed by atoms with Crippen LogP contribution in [0.5, 0.6) is 17.4 Å². The van der Waals surface area contributed by atoms with Crippen LogP contribution in [0.1, 0.15) is 21.7 Å². The van der Waals surface area contributed by atoms with Gasteiger partial charge in [0.15, 0.2) is 0 Å². The van der Waals surface area contributed by atoms with Crippen LogP contribution in [0, 0.1) is 6.92 Å². The quantitative estimate of drug-likeness (QED) is 0.373. The number of amides is 1. The standard InChI is InChI=1S/C25H21N5O3/c1-17-14-24(29-28-17)33-22-11-7-19(8-12-22)27-25(31)18-5-9-21(10-6-18)32-16-20-15-30-13-3-2-4-23(30)26-20/h2-15H,16H2,1H3,(H,27,31)(H,28,29). The molecule has 0 unspecified atom stereocenters. The highest BCUT2D eigenvalue weighted by atomic mass is 16.5. The Morgan fingerprint density at radius 2 is 1.82 bits per heavy atom. The van der Waals surface area contributed by atoms with Crippen LogP contribution >= 0.6 is 0 Å². The Labute approximate surface area is 189 Å². The predicted octanol–water partition coefficient (Wildman–Crippen LogP) is 4.99. The van der Waals surface area contributed by atoms with Gasteiger partial charge in [-0.05, 0) is 67.6 Å². The van der Waals surface area contributed by atoms with E-state index in [4.69, 9.17) is 9.47 Å². The third-order valence-electron chi connectivity index (χ3n) is 4.93. The molecule has 8 heteroatoms. The van der Waals surface area contributed by atoms with E-state index in [-0.39, 0.29) is 5.91 Å². The number of imidazole rings is 1. The third kappa shape index (κ3) is 4.85. The summed E-state index contributed by atoms with van der Waals surface area (Å²) in [6.45, 7) is 2.25. The molecular weight excluding hydrogens is 418 g/mol. The minimum Gasteiger partial charge on any atom is -0.487 e. The van der Waals surface area contributed by atoms with Gasteiger partial charge in [-0.3, -0.25) is 9.89 Å². The lowest BCUT2D eigenvalue weighted by Gasteiger charge is -2.08. The molecule has 5 rings (SSSR count). The maximum atomic E-state index is 12.6. The maximum Gasteiger partial charge on any atom is 0.255 e. The van der Waals surface area contributed by atoms with E-state index < -0.39 is 0 Å². The first kappa shape index (κ1) is 20.3. The fraction of sp³-hybridized carbons (Fsp3) is 0.0800. The first-order valence-electron chi connectivity index (χ1n) is 10.4. The van der Waals surface area contributed by atoms with Crippen molar-refractivity contribution in [2.75, 3.05) is 5.32 Å². The van der Waals surface area contributed by atoms with Gasteiger partial charge in [0.2, 0.25) is 5.88 Å². The van der Waals surface area contributed by atoms with E-state index in [1.165, 1.54) is 0 Å². The minimum atomic E-state index is -0.210. The van der Waals surface area contributed by atoms with Gasteiger partial charge in [0, 0.05) is 35.4 Å². The van der Waals surface area contributed by atoms with Crippen molar-refractivity contribution in [2.24, 2.45) is 0 Å². The average molecular weight is 439 g/mol. The molecular formula is C25H21N5O3. The van der Waals surface area contributed by atoms with Gasteiger partial charge >= 0.3 is 0 Å². The van der Waals surface area contributed by atoms with Gasteiger partial charge in [0.1, 0.15) is 23.8 Å².